The van der Waals surface area contributed by atoms with Crippen LogP contribution in [0.1, 0.15) is 91.9 Å². The Hall–Kier alpha value is -0.610. The highest BCUT2D eigenvalue weighted by atomic mass is 16.5. The molecule has 4 nitrogen and oxygen atoms in total. The standard InChI is InChI=1S/C27H46O4/c1-6-18-22-15-17(28)11-13-27(22,4)21-12-14-26(3)19(16(2)7-10-23(29)31-5)8-9-20(26)24(21)25(18)30/h16-22,24-25,28,30H,6-15H2,1-5H3/t16-,17-,18-,19?,20?,21?,22?,24?,25-,26?,27?/m1/s1. The summed E-state index contributed by atoms with van der Waals surface area (Å²) in [5.74, 6) is 3.41. The summed E-state index contributed by atoms with van der Waals surface area (Å²) in [5.41, 5.74) is 0.535. The van der Waals surface area contributed by atoms with Crippen molar-refractivity contribution in [2.45, 2.75) is 104 Å². The Morgan fingerprint density at radius 1 is 1.03 bits per heavy atom. The highest BCUT2D eigenvalue weighted by Gasteiger charge is 2.64. The molecule has 0 aromatic rings. The van der Waals surface area contributed by atoms with E-state index in [1.165, 1.54) is 32.8 Å². The molecule has 0 bridgehead atoms. The zero-order valence-corrected chi connectivity index (χ0v) is 20.5. The lowest BCUT2D eigenvalue weighted by Crippen LogP contribution is -2.62. The molecule has 4 saturated carbocycles. The lowest BCUT2D eigenvalue weighted by Gasteiger charge is -2.64. The smallest absolute Gasteiger partial charge is 0.305 e. The first-order chi connectivity index (χ1) is 14.7. The molecule has 7 unspecified atom stereocenters. The van der Waals surface area contributed by atoms with Crippen molar-refractivity contribution in [3.8, 4) is 0 Å². The maximum Gasteiger partial charge on any atom is 0.305 e. The van der Waals surface area contributed by atoms with Crippen LogP contribution >= 0.6 is 0 Å². The van der Waals surface area contributed by atoms with Gasteiger partial charge in [-0.05, 0) is 104 Å². The molecule has 4 rings (SSSR count). The molecule has 0 aromatic carbocycles. The van der Waals surface area contributed by atoms with Crippen LogP contribution in [0.5, 0.6) is 0 Å². The SMILES string of the molecule is CC[C@@H]1C2C[C@H](O)CCC2(C)C2CCC3(C)C(CCC3[C@H](C)CCC(=O)OC)C2[C@@H]1O. The Morgan fingerprint density at radius 3 is 2.39 bits per heavy atom. The molecule has 0 aliphatic heterocycles. The molecule has 2 N–H and O–H groups in total. The van der Waals surface area contributed by atoms with E-state index in [-0.39, 0.29) is 29.0 Å². The minimum atomic E-state index is -0.230. The van der Waals surface area contributed by atoms with Gasteiger partial charge in [-0.3, -0.25) is 4.79 Å². The van der Waals surface area contributed by atoms with Crippen LogP contribution in [0.15, 0.2) is 0 Å². The van der Waals surface area contributed by atoms with Crippen molar-refractivity contribution in [3.05, 3.63) is 0 Å². The Labute approximate surface area is 189 Å². The lowest BCUT2D eigenvalue weighted by molar-refractivity contribution is -0.203. The van der Waals surface area contributed by atoms with Gasteiger partial charge >= 0.3 is 5.97 Å². The first-order valence-electron chi connectivity index (χ1n) is 13.1. The number of hydrogen-bond donors (Lipinski definition) is 2. The second-order valence-corrected chi connectivity index (χ2v) is 12.2. The van der Waals surface area contributed by atoms with Crippen LogP contribution in [0, 0.1) is 52.3 Å². The van der Waals surface area contributed by atoms with Crippen LogP contribution in [-0.4, -0.2) is 35.5 Å². The van der Waals surface area contributed by atoms with Gasteiger partial charge in [-0.25, -0.2) is 0 Å². The van der Waals surface area contributed by atoms with Gasteiger partial charge in [0.2, 0.25) is 0 Å². The average molecular weight is 435 g/mol. The molecule has 0 amide bonds. The van der Waals surface area contributed by atoms with Gasteiger partial charge in [0.25, 0.3) is 0 Å². The third-order valence-electron chi connectivity index (χ3n) is 11.2. The van der Waals surface area contributed by atoms with Gasteiger partial charge in [0.1, 0.15) is 0 Å². The Balaban J connectivity index is 1.58. The molecule has 4 fully saturated rings. The topological polar surface area (TPSA) is 66.8 Å². The van der Waals surface area contributed by atoms with E-state index in [2.05, 4.69) is 27.7 Å². The molecule has 0 saturated heterocycles. The highest BCUT2D eigenvalue weighted by molar-refractivity contribution is 5.69. The first-order valence-corrected chi connectivity index (χ1v) is 13.1. The van der Waals surface area contributed by atoms with Gasteiger partial charge in [0.15, 0.2) is 0 Å². The Morgan fingerprint density at radius 2 is 1.71 bits per heavy atom. The summed E-state index contributed by atoms with van der Waals surface area (Å²) in [4.78, 5) is 11.7. The third kappa shape index (κ3) is 3.68. The van der Waals surface area contributed by atoms with E-state index in [1.54, 1.807) is 0 Å². The average Bonchev–Trinajstić information content (AvgIpc) is 3.10. The number of carbonyl (C=O) groups excluding carboxylic acids is 1. The fourth-order valence-corrected chi connectivity index (χ4v) is 9.58. The molecule has 4 heteroatoms. The Kier molecular flexibility index (Phi) is 6.55. The summed E-state index contributed by atoms with van der Waals surface area (Å²) in [7, 11) is 1.48. The minimum absolute atomic E-state index is 0.0952. The number of aliphatic hydroxyl groups excluding tert-OH is 2. The van der Waals surface area contributed by atoms with E-state index in [4.69, 9.17) is 4.74 Å². The van der Waals surface area contributed by atoms with Crippen LogP contribution in [-0.2, 0) is 9.53 Å². The molecule has 4 aliphatic carbocycles. The van der Waals surface area contributed by atoms with Gasteiger partial charge in [0, 0.05) is 6.42 Å². The number of methoxy groups -OCH3 is 1. The number of rotatable bonds is 5. The molecule has 0 radical (unpaired) electrons. The molecule has 0 heterocycles. The predicted octanol–water partition coefficient (Wildman–Crippen LogP) is 5.20. The van der Waals surface area contributed by atoms with Crippen molar-refractivity contribution in [1.29, 1.82) is 0 Å². The summed E-state index contributed by atoms with van der Waals surface area (Å²) in [6.07, 6.45) is 9.87. The van der Waals surface area contributed by atoms with Gasteiger partial charge in [-0.2, -0.15) is 0 Å². The van der Waals surface area contributed by atoms with Crippen LogP contribution < -0.4 is 0 Å². The lowest BCUT2D eigenvalue weighted by atomic mass is 9.41. The van der Waals surface area contributed by atoms with E-state index in [9.17, 15) is 15.0 Å². The number of fused-ring (bicyclic) bond motifs is 5. The van der Waals surface area contributed by atoms with Crippen molar-refractivity contribution in [2.24, 2.45) is 52.3 Å². The number of hydrogen-bond acceptors (Lipinski definition) is 4. The van der Waals surface area contributed by atoms with Crippen molar-refractivity contribution < 1.29 is 19.7 Å². The van der Waals surface area contributed by atoms with E-state index in [0.29, 0.717) is 47.8 Å². The fraction of sp³-hybridized carbons (Fsp3) is 0.963. The summed E-state index contributed by atoms with van der Waals surface area (Å²) in [6, 6.07) is 0. The van der Waals surface area contributed by atoms with Crippen LogP contribution in [0.4, 0.5) is 0 Å². The van der Waals surface area contributed by atoms with Gasteiger partial charge in [0.05, 0.1) is 19.3 Å². The normalized spacial score (nSPS) is 50.2. The fourth-order valence-electron chi connectivity index (χ4n) is 9.58. The van der Waals surface area contributed by atoms with Crippen molar-refractivity contribution in [2.75, 3.05) is 7.11 Å². The molecule has 0 aromatic heterocycles. The zero-order valence-electron chi connectivity index (χ0n) is 20.5. The molecule has 0 spiro atoms. The maximum absolute atomic E-state index is 11.8. The largest absolute Gasteiger partial charge is 0.469 e. The van der Waals surface area contributed by atoms with Gasteiger partial charge in [-0.15, -0.1) is 0 Å². The molecule has 31 heavy (non-hydrogen) atoms. The van der Waals surface area contributed by atoms with E-state index in [0.717, 1.165) is 32.1 Å². The zero-order chi connectivity index (χ0) is 22.6. The molecule has 178 valence electrons. The van der Waals surface area contributed by atoms with E-state index >= 15 is 0 Å². The molecular weight excluding hydrogens is 388 g/mol. The summed E-state index contributed by atoms with van der Waals surface area (Å²) < 4.78 is 4.88. The third-order valence-corrected chi connectivity index (χ3v) is 11.2. The van der Waals surface area contributed by atoms with Gasteiger partial charge in [-0.1, -0.05) is 34.1 Å². The number of aliphatic hydroxyl groups is 2. The predicted molar refractivity (Wildman–Crippen MR) is 122 cm³/mol. The summed E-state index contributed by atoms with van der Waals surface area (Å²) >= 11 is 0. The monoisotopic (exact) mass is 434 g/mol. The van der Waals surface area contributed by atoms with Crippen LogP contribution in [0.3, 0.4) is 0 Å². The number of esters is 1. The molecule has 11 atom stereocenters. The highest BCUT2D eigenvalue weighted by Crippen LogP contribution is 2.69. The van der Waals surface area contributed by atoms with Crippen LogP contribution in [0.25, 0.3) is 0 Å². The first kappa shape index (κ1) is 23.5. The molecule has 4 aliphatic rings. The quantitative estimate of drug-likeness (QED) is 0.584. The summed E-state index contributed by atoms with van der Waals surface area (Å²) in [6.45, 7) is 9.58. The number of ether oxygens (including phenoxy) is 1. The molecular formula is C27H46O4. The summed E-state index contributed by atoms with van der Waals surface area (Å²) in [5, 5.41) is 22.2. The van der Waals surface area contributed by atoms with Crippen molar-refractivity contribution in [1.82, 2.24) is 0 Å². The van der Waals surface area contributed by atoms with E-state index in [1.807, 2.05) is 0 Å². The van der Waals surface area contributed by atoms with Gasteiger partial charge < -0.3 is 14.9 Å². The number of carbonyl (C=O) groups is 1. The van der Waals surface area contributed by atoms with Crippen LogP contribution in [0.2, 0.25) is 0 Å². The maximum atomic E-state index is 11.8. The van der Waals surface area contributed by atoms with E-state index < -0.39 is 0 Å². The van der Waals surface area contributed by atoms with Crippen molar-refractivity contribution in [3.63, 3.8) is 0 Å². The Bertz CT molecular complexity index is 664. The minimum Gasteiger partial charge on any atom is -0.469 e. The second kappa shape index (κ2) is 8.63. The second-order valence-electron chi connectivity index (χ2n) is 12.2. The van der Waals surface area contributed by atoms with Crippen molar-refractivity contribution >= 4 is 5.97 Å².